The third-order valence-corrected chi connectivity index (χ3v) is 3.57. The molecule has 9 heteroatoms. The second-order valence-electron chi connectivity index (χ2n) is 5.47. The molecule has 0 saturated heterocycles. The summed E-state index contributed by atoms with van der Waals surface area (Å²) in [5, 5.41) is 9.92. The summed E-state index contributed by atoms with van der Waals surface area (Å²) in [6, 6.07) is 6.58. The summed E-state index contributed by atoms with van der Waals surface area (Å²) in [6.45, 7) is 2.71. The lowest BCUT2D eigenvalue weighted by Gasteiger charge is -2.20. The largest absolute Gasteiger partial charge is 0.489 e. The predicted molar refractivity (Wildman–Crippen MR) is 90.9 cm³/mol. The first-order valence-corrected chi connectivity index (χ1v) is 8.10. The maximum atomic E-state index is 12.8. The average Bonchev–Trinajstić information content (AvgIpc) is 3.13. The Bertz CT molecular complexity index is 702. The van der Waals surface area contributed by atoms with Gasteiger partial charge in [-0.15, -0.1) is 0 Å². The standard InChI is InChI=1S/C17H21F3N4O2/c1-3-14(26-15-6-4-5-12(9-15)17(18,19)20)11-23-16(21-2)22-10-13-7-8-25-24-13/h4-9,14H,3,10-11H2,1-2H3,(H2,21,22,23). The summed E-state index contributed by atoms with van der Waals surface area (Å²) in [5.74, 6) is 0.707. The van der Waals surface area contributed by atoms with E-state index in [2.05, 4.69) is 20.8 Å². The zero-order valence-electron chi connectivity index (χ0n) is 14.5. The molecule has 2 aromatic rings. The average molecular weight is 370 g/mol. The summed E-state index contributed by atoms with van der Waals surface area (Å²) in [4.78, 5) is 4.08. The van der Waals surface area contributed by atoms with Crippen LogP contribution in [0.1, 0.15) is 24.6 Å². The Morgan fingerprint density at radius 3 is 2.73 bits per heavy atom. The molecule has 1 heterocycles. The first-order valence-electron chi connectivity index (χ1n) is 8.10. The molecule has 0 aliphatic carbocycles. The van der Waals surface area contributed by atoms with Crippen molar-refractivity contribution in [2.45, 2.75) is 32.2 Å². The van der Waals surface area contributed by atoms with Crippen LogP contribution in [-0.2, 0) is 12.7 Å². The summed E-state index contributed by atoms with van der Waals surface area (Å²) < 4.78 is 48.8. The summed E-state index contributed by atoms with van der Waals surface area (Å²) >= 11 is 0. The lowest BCUT2D eigenvalue weighted by Crippen LogP contribution is -2.42. The Morgan fingerprint density at radius 1 is 1.31 bits per heavy atom. The summed E-state index contributed by atoms with van der Waals surface area (Å²) in [7, 11) is 1.62. The smallest absolute Gasteiger partial charge is 0.416 e. The fourth-order valence-corrected chi connectivity index (χ4v) is 2.14. The van der Waals surface area contributed by atoms with E-state index in [1.807, 2.05) is 6.92 Å². The van der Waals surface area contributed by atoms with Gasteiger partial charge in [-0.3, -0.25) is 4.99 Å². The minimum atomic E-state index is -4.40. The van der Waals surface area contributed by atoms with E-state index in [0.29, 0.717) is 25.5 Å². The zero-order valence-corrected chi connectivity index (χ0v) is 14.5. The minimum absolute atomic E-state index is 0.180. The van der Waals surface area contributed by atoms with Crippen molar-refractivity contribution in [3.63, 3.8) is 0 Å². The highest BCUT2D eigenvalue weighted by atomic mass is 19.4. The van der Waals surface area contributed by atoms with Gasteiger partial charge < -0.3 is 19.9 Å². The Hall–Kier alpha value is -2.71. The number of hydrogen-bond donors (Lipinski definition) is 2. The van der Waals surface area contributed by atoms with E-state index < -0.39 is 11.7 Å². The van der Waals surface area contributed by atoms with Gasteiger partial charge in [-0.1, -0.05) is 18.1 Å². The molecular formula is C17H21F3N4O2. The van der Waals surface area contributed by atoms with Crippen molar-refractivity contribution in [1.82, 2.24) is 15.8 Å². The molecule has 1 aromatic carbocycles. The molecule has 1 unspecified atom stereocenters. The van der Waals surface area contributed by atoms with Crippen molar-refractivity contribution < 1.29 is 22.4 Å². The van der Waals surface area contributed by atoms with Crippen molar-refractivity contribution in [3.8, 4) is 5.75 Å². The Balaban J connectivity index is 1.88. The number of aliphatic imine (C=N–C) groups is 1. The molecule has 0 spiro atoms. The number of ether oxygens (including phenoxy) is 1. The van der Waals surface area contributed by atoms with Crippen LogP contribution >= 0.6 is 0 Å². The summed E-state index contributed by atoms with van der Waals surface area (Å²) in [5.41, 5.74) is -0.0110. The number of hydrogen-bond acceptors (Lipinski definition) is 4. The van der Waals surface area contributed by atoms with Crippen molar-refractivity contribution in [1.29, 1.82) is 0 Å². The van der Waals surface area contributed by atoms with E-state index in [0.717, 1.165) is 17.8 Å². The van der Waals surface area contributed by atoms with Crippen LogP contribution in [0.2, 0.25) is 0 Å². The molecule has 1 atom stereocenters. The molecule has 1 aromatic heterocycles. The maximum Gasteiger partial charge on any atom is 0.416 e. The fraction of sp³-hybridized carbons (Fsp3) is 0.412. The van der Waals surface area contributed by atoms with E-state index in [4.69, 9.17) is 9.26 Å². The van der Waals surface area contributed by atoms with Gasteiger partial charge in [-0.05, 0) is 24.6 Å². The fourth-order valence-electron chi connectivity index (χ4n) is 2.14. The van der Waals surface area contributed by atoms with Gasteiger partial charge in [0.2, 0.25) is 0 Å². The Morgan fingerprint density at radius 2 is 2.12 bits per heavy atom. The third kappa shape index (κ3) is 5.98. The molecule has 0 fully saturated rings. The van der Waals surface area contributed by atoms with Gasteiger partial charge in [-0.25, -0.2) is 0 Å². The van der Waals surface area contributed by atoms with Crippen LogP contribution in [0.5, 0.6) is 5.75 Å². The number of aromatic nitrogens is 1. The highest BCUT2D eigenvalue weighted by molar-refractivity contribution is 5.79. The number of alkyl halides is 3. The normalized spacial score (nSPS) is 13.3. The van der Waals surface area contributed by atoms with Crippen LogP contribution < -0.4 is 15.4 Å². The SMILES string of the molecule is CCC(CNC(=NC)NCc1ccon1)Oc1cccc(C(F)(F)F)c1. The van der Waals surface area contributed by atoms with Crippen molar-refractivity contribution in [2.24, 2.45) is 4.99 Å². The van der Waals surface area contributed by atoms with Crippen LogP contribution in [0.15, 0.2) is 46.1 Å². The number of guanidine groups is 1. The van der Waals surface area contributed by atoms with Gasteiger partial charge in [0.05, 0.1) is 18.7 Å². The van der Waals surface area contributed by atoms with Crippen LogP contribution in [0.4, 0.5) is 13.2 Å². The lowest BCUT2D eigenvalue weighted by atomic mass is 10.2. The number of nitrogens with zero attached hydrogens (tertiary/aromatic N) is 2. The van der Waals surface area contributed by atoms with E-state index in [1.54, 1.807) is 13.1 Å². The molecule has 0 amide bonds. The molecule has 0 saturated carbocycles. The van der Waals surface area contributed by atoms with Gasteiger partial charge in [0.1, 0.15) is 23.8 Å². The topological polar surface area (TPSA) is 71.7 Å². The number of halogens is 3. The van der Waals surface area contributed by atoms with E-state index >= 15 is 0 Å². The van der Waals surface area contributed by atoms with Crippen molar-refractivity contribution in [2.75, 3.05) is 13.6 Å². The van der Waals surface area contributed by atoms with E-state index in [-0.39, 0.29) is 11.9 Å². The van der Waals surface area contributed by atoms with Crippen LogP contribution in [-0.4, -0.2) is 30.8 Å². The quantitative estimate of drug-likeness (QED) is 0.578. The first-order chi connectivity index (χ1) is 12.4. The molecule has 0 aliphatic rings. The van der Waals surface area contributed by atoms with Crippen LogP contribution in [0, 0.1) is 0 Å². The molecule has 0 aliphatic heterocycles. The third-order valence-electron chi connectivity index (χ3n) is 3.57. The molecule has 6 nitrogen and oxygen atoms in total. The Labute approximate surface area is 149 Å². The highest BCUT2D eigenvalue weighted by Gasteiger charge is 2.30. The number of benzene rings is 1. The zero-order chi connectivity index (χ0) is 19.0. The summed E-state index contributed by atoms with van der Waals surface area (Å²) in [6.07, 6.45) is -2.62. The van der Waals surface area contributed by atoms with Gasteiger partial charge >= 0.3 is 6.18 Å². The molecular weight excluding hydrogens is 349 g/mol. The van der Waals surface area contributed by atoms with Gasteiger partial charge in [-0.2, -0.15) is 13.2 Å². The molecule has 2 rings (SSSR count). The van der Waals surface area contributed by atoms with Crippen LogP contribution in [0.3, 0.4) is 0 Å². The Kier molecular flexibility index (Phi) is 6.88. The molecule has 26 heavy (non-hydrogen) atoms. The van der Waals surface area contributed by atoms with E-state index in [1.165, 1.54) is 18.4 Å². The lowest BCUT2D eigenvalue weighted by molar-refractivity contribution is -0.137. The molecule has 2 N–H and O–H groups in total. The van der Waals surface area contributed by atoms with Gasteiger partial charge in [0.15, 0.2) is 5.96 Å². The highest BCUT2D eigenvalue weighted by Crippen LogP contribution is 2.31. The second kappa shape index (κ2) is 9.12. The number of rotatable bonds is 7. The van der Waals surface area contributed by atoms with Gasteiger partial charge in [0.25, 0.3) is 0 Å². The molecule has 142 valence electrons. The molecule has 0 radical (unpaired) electrons. The predicted octanol–water partition coefficient (Wildman–Crippen LogP) is 3.22. The monoisotopic (exact) mass is 370 g/mol. The van der Waals surface area contributed by atoms with Crippen molar-refractivity contribution >= 4 is 5.96 Å². The first kappa shape index (κ1) is 19.6. The van der Waals surface area contributed by atoms with Crippen molar-refractivity contribution in [3.05, 3.63) is 47.9 Å². The van der Waals surface area contributed by atoms with E-state index in [9.17, 15) is 13.2 Å². The second-order valence-corrected chi connectivity index (χ2v) is 5.47. The van der Waals surface area contributed by atoms with Gasteiger partial charge in [0, 0.05) is 13.1 Å². The molecule has 0 bridgehead atoms. The maximum absolute atomic E-state index is 12.8. The minimum Gasteiger partial charge on any atom is -0.489 e. The number of nitrogens with one attached hydrogen (secondary N) is 2. The van der Waals surface area contributed by atoms with Crippen LogP contribution in [0.25, 0.3) is 0 Å².